The molecule has 100 valence electrons. The van der Waals surface area contributed by atoms with E-state index < -0.39 is 5.82 Å². The molecule has 1 aliphatic carbocycles. The van der Waals surface area contributed by atoms with Crippen LogP contribution >= 0.6 is 0 Å². The molecule has 1 aromatic rings. The van der Waals surface area contributed by atoms with Gasteiger partial charge in [0.25, 0.3) is 0 Å². The van der Waals surface area contributed by atoms with Gasteiger partial charge >= 0.3 is 0 Å². The molecule has 18 heavy (non-hydrogen) atoms. The lowest BCUT2D eigenvalue weighted by Crippen LogP contribution is -2.29. The smallest absolute Gasteiger partial charge is 0.126 e. The fourth-order valence-electron chi connectivity index (χ4n) is 2.47. The fraction of sp³-hybridized carbons (Fsp3) is 0.600. The van der Waals surface area contributed by atoms with E-state index in [0.29, 0.717) is 11.3 Å². The predicted octanol–water partition coefficient (Wildman–Crippen LogP) is 3.62. The van der Waals surface area contributed by atoms with E-state index in [1.165, 1.54) is 25.0 Å². The maximum absolute atomic E-state index is 12.9. The van der Waals surface area contributed by atoms with Gasteiger partial charge in [-0.3, -0.25) is 0 Å². The van der Waals surface area contributed by atoms with Crippen LogP contribution in [0.3, 0.4) is 0 Å². The molecule has 0 aliphatic heterocycles. The molecule has 2 N–H and O–H groups in total. The van der Waals surface area contributed by atoms with Gasteiger partial charge in [0, 0.05) is 24.2 Å². The molecule has 2 rings (SSSR count). The van der Waals surface area contributed by atoms with E-state index in [-0.39, 0.29) is 11.8 Å². The normalized spacial score (nSPS) is 18.9. The van der Waals surface area contributed by atoms with Crippen molar-refractivity contribution in [1.29, 1.82) is 0 Å². The highest BCUT2D eigenvalue weighted by Crippen LogP contribution is 2.51. The van der Waals surface area contributed by atoms with E-state index in [1.807, 2.05) is 6.92 Å². The van der Waals surface area contributed by atoms with Crippen molar-refractivity contribution < 1.29 is 9.50 Å². The number of phenols is 1. The summed E-state index contributed by atoms with van der Waals surface area (Å²) >= 11 is 0. The largest absolute Gasteiger partial charge is 0.508 e. The number of hydrogen-bond acceptors (Lipinski definition) is 2. The molecule has 1 fully saturated rings. The molecule has 1 saturated carbocycles. The van der Waals surface area contributed by atoms with Crippen LogP contribution in [0.4, 0.5) is 4.39 Å². The summed E-state index contributed by atoms with van der Waals surface area (Å²) in [6.07, 6.45) is 2.56. The summed E-state index contributed by atoms with van der Waals surface area (Å²) in [6.45, 7) is 7.48. The third-order valence-corrected chi connectivity index (χ3v) is 4.34. The number of halogens is 1. The number of hydrogen-bond donors (Lipinski definition) is 2. The van der Waals surface area contributed by atoms with E-state index >= 15 is 0 Å². The molecule has 0 saturated heterocycles. The second-order valence-corrected chi connectivity index (χ2v) is 5.82. The van der Waals surface area contributed by atoms with Gasteiger partial charge in [-0.2, -0.15) is 0 Å². The Bertz CT molecular complexity index is 427. The SMILES string of the molecule is CC(NCC1(C(C)C)CC1)c1ccc(F)cc1O. The lowest BCUT2D eigenvalue weighted by atomic mass is 9.92. The van der Waals surface area contributed by atoms with E-state index in [9.17, 15) is 9.50 Å². The predicted molar refractivity (Wildman–Crippen MR) is 71.0 cm³/mol. The van der Waals surface area contributed by atoms with Crippen molar-refractivity contribution in [2.45, 2.75) is 39.7 Å². The van der Waals surface area contributed by atoms with Crippen LogP contribution in [-0.2, 0) is 0 Å². The average molecular weight is 251 g/mol. The van der Waals surface area contributed by atoms with Gasteiger partial charge in [-0.1, -0.05) is 19.9 Å². The zero-order valence-corrected chi connectivity index (χ0v) is 11.3. The third kappa shape index (κ3) is 2.66. The lowest BCUT2D eigenvalue weighted by Gasteiger charge is -2.23. The van der Waals surface area contributed by atoms with Gasteiger partial charge in [0.2, 0.25) is 0 Å². The summed E-state index contributed by atoms with van der Waals surface area (Å²) in [5.74, 6) is 0.313. The Kier molecular flexibility index (Phi) is 3.62. The highest BCUT2D eigenvalue weighted by Gasteiger charge is 2.44. The Labute approximate surface area is 108 Å². The van der Waals surface area contributed by atoms with Gasteiger partial charge in [0.15, 0.2) is 0 Å². The fourth-order valence-corrected chi connectivity index (χ4v) is 2.47. The zero-order chi connectivity index (χ0) is 13.3. The van der Waals surface area contributed by atoms with E-state index in [0.717, 1.165) is 12.1 Å². The van der Waals surface area contributed by atoms with Gasteiger partial charge in [-0.05, 0) is 37.2 Å². The topological polar surface area (TPSA) is 32.3 Å². The van der Waals surface area contributed by atoms with Crippen LogP contribution < -0.4 is 5.32 Å². The van der Waals surface area contributed by atoms with Crippen LogP contribution in [0.25, 0.3) is 0 Å². The van der Waals surface area contributed by atoms with Gasteiger partial charge in [0.05, 0.1) is 0 Å². The second kappa shape index (κ2) is 4.88. The van der Waals surface area contributed by atoms with Crippen molar-refractivity contribution >= 4 is 0 Å². The minimum absolute atomic E-state index is 0.0318. The van der Waals surface area contributed by atoms with Crippen molar-refractivity contribution in [1.82, 2.24) is 5.32 Å². The van der Waals surface area contributed by atoms with Crippen molar-refractivity contribution in [3.63, 3.8) is 0 Å². The Balaban J connectivity index is 1.98. The molecule has 0 aromatic heterocycles. The minimum Gasteiger partial charge on any atom is -0.508 e. The van der Waals surface area contributed by atoms with Gasteiger partial charge in [0.1, 0.15) is 11.6 Å². The molecule has 2 nitrogen and oxygen atoms in total. The highest BCUT2D eigenvalue weighted by molar-refractivity contribution is 5.34. The maximum atomic E-state index is 12.9. The van der Waals surface area contributed by atoms with E-state index in [1.54, 1.807) is 6.07 Å². The monoisotopic (exact) mass is 251 g/mol. The first kappa shape index (κ1) is 13.3. The van der Waals surface area contributed by atoms with Crippen LogP contribution in [0.1, 0.15) is 45.2 Å². The summed E-state index contributed by atoms with van der Waals surface area (Å²) in [5.41, 5.74) is 1.19. The second-order valence-electron chi connectivity index (χ2n) is 5.82. The van der Waals surface area contributed by atoms with Crippen LogP contribution in [0.15, 0.2) is 18.2 Å². The molecule has 1 aromatic carbocycles. The number of aromatic hydroxyl groups is 1. The Morgan fingerprint density at radius 3 is 2.50 bits per heavy atom. The van der Waals surface area contributed by atoms with Gasteiger partial charge < -0.3 is 10.4 Å². The number of nitrogens with one attached hydrogen (secondary N) is 1. The van der Waals surface area contributed by atoms with Crippen LogP contribution in [0.5, 0.6) is 5.75 Å². The number of rotatable bonds is 5. The molecular weight excluding hydrogens is 229 g/mol. The van der Waals surface area contributed by atoms with Gasteiger partial charge in [-0.15, -0.1) is 0 Å². The van der Waals surface area contributed by atoms with Crippen molar-refractivity contribution in [3.05, 3.63) is 29.6 Å². The summed E-state index contributed by atoms with van der Waals surface area (Å²) in [7, 11) is 0. The quantitative estimate of drug-likeness (QED) is 0.837. The molecule has 1 atom stereocenters. The van der Waals surface area contributed by atoms with E-state index in [4.69, 9.17) is 0 Å². The third-order valence-electron chi connectivity index (χ3n) is 4.34. The molecule has 0 heterocycles. The lowest BCUT2D eigenvalue weighted by molar-refractivity contribution is 0.323. The Morgan fingerprint density at radius 1 is 1.33 bits per heavy atom. The van der Waals surface area contributed by atoms with Crippen molar-refractivity contribution in [2.75, 3.05) is 6.54 Å². The minimum atomic E-state index is -0.399. The van der Waals surface area contributed by atoms with Crippen LogP contribution in [-0.4, -0.2) is 11.7 Å². The molecule has 3 heteroatoms. The van der Waals surface area contributed by atoms with Crippen LogP contribution in [0.2, 0.25) is 0 Å². The van der Waals surface area contributed by atoms with E-state index in [2.05, 4.69) is 19.2 Å². The summed E-state index contributed by atoms with van der Waals surface area (Å²) < 4.78 is 12.9. The first-order valence-electron chi connectivity index (χ1n) is 6.66. The molecule has 0 spiro atoms. The maximum Gasteiger partial charge on any atom is 0.126 e. The van der Waals surface area contributed by atoms with Crippen LogP contribution in [0, 0.1) is 17.2 Å². The molecule has 0 bridgehead atoms. The average Bonchev–Trinajstić information content (AvgIpc) is 3.07. The standard InChI is InChI=1S/C15H22FNO/c1-10(2)15(6-7-15)9-17-11(3)13-5-4-12(16)8-14(13)18/h4-5,8,10-11,17-18H,6-7,9H2,1-3H3. The summed E-state index contributed by atoms with van der Waals surface area (Å²) in [6, 6.07) is 4.25. The van der Waals surface area contributed by atoms with Crippen molar-refractivity contribution in [3.8, 4) is 5.75 Å². The first-order valence-corrected chi connectivity index (χ1v) is 6.66. The first-order chi connectivity index (χ1) is 8.44. The molecule has 1 aliphatic rings. The van der Waals surface area contributed by atoms with Crippen molar-refractivity contribution in [2.24, 2.45) is 11.3 Å². The number of benzene rings is 1. The Morgan fingerprint density at radius 2 is 2.00 bits per heavy atom. The molecular formula is C15H22FNO. The highest BCUT2D eigenvalue weighted by atomic mass is 19.1. The Hall–Kier alpha value is -1.09. The summed E-state index contributed by atoms with van der Waals surface area (Å²) in [4.78, 5) is 0. The zero-order valence-electron chi connectivity index (χ0n) is 11.3. The number of phenolic OH excluding ortho intramolecular Hbond substituents is 1. The molecule has 0 radical (unpaired) electrons. The molecule has 1 unspecified atom stereocenters. The van der Waals surface area contributed by atoms with Gasteiger partial charge in [-0.25, -0.2) is 4.39 Å². The molecule has 0 amide bonds. The summed E-state index contributed by atoms with van der Waals surface area (Å²) in [5, 5.41) is 13.2.